The molecule has 0 saturated heterocycles. The molecule has 6 nitrogen and oxygen atoms in total. The molecule has 2 aromatic rings. The molecule has 1 aromatic carbocycles. The summed E-state index contributed by atoms with van der Waals surface area (Å²) in [6, 6.07) is 9.21. The fourth-order valence-electron chi connectivity index (χ4n) is 4.06. The van der Waals surface area contributed by atoms with Crippen molar-refractivity contribution in [2.75, 3.05) is 13.7 Å². The molecule has 150 valence electrons. The average molecular weight is 392 g/mol. The summed E-state index contributed by atoms with van der Waals surface area (Å²) < 4.78 is 11.7. The minimum atomic E-state index is -0.0950. The van der Waals surface area contributed by atoms with E-state index in [2.05, 4.69) is 4.98 Å². The Labute approximate surface area is 170 Å². The number of ether oxygens (including phenoxy) is 2. The van der Waals surface area contributed by atoms with Gasteiger partial charge in [-0.05, 0) is 56.0 Å². The minimum absolute atomic E-state index is 0.0565. The van der Waals surface area contributed by atoms with E-state index in [1.54, 1.807) is 37.8 Å². The van der Waals surface area contributed by atoms with E-state index in [1.807, 2.05) is 30.4 Å². The van der Waals surface area contributed by atoms with Gasteiger partial charge in [-0.2, -0.15) is 4.48 Å². The van der Waals surface area contributed by atoms with Crippen LogP contribution in [0.4, 0.5) is 5.69 Å². The van der Waals surface area contributed by atoms with Crippen LogP contribution in [0.3, 0.4) is 0 Å². The molecule has 1 amide bonds. The largest absolute Gasteiger partial charge is 0.493 e. The van der Waals surface area contributed by atoms with Crippen LogP contribution in [-0.2, 0) is 0 Å². The van der Waals surface area contributed by atoms with Crippen molar-refractivity contribution in [1.29, 1.82) is 0 Å². The summed E-state index contributed by atoms with van der Waals surface area (Å²) in [4.78, 5) is 17.7. The summed E-state index contributed by atoms with van der Waals surface area (Å²) >= 11 is 0. The van der Waals surface area contributed by atoms with Crippen molar-refractivity contribution in [2.24, 2.45) is 5.73 Å². The molecule has 1 unspecified atom stereocenters. The van der Waals surface area contributed by atoms with Gasteiger partial charge in [-0.25, -0.2) is 4.79 Å². The highest BCUT2D eigenvalue weighted by Gasteiger charge is 2.40. The second-order valence-electron chi connectivity index (χ2n) is 7.49. The Morgan fingerprint density at radius 3 is 2.72 bits per heavy atom. The van der Waals surface area contributed by atoms with Crippen LogP contribution in [0.15, 0.2) is 66.8 Å². The number of benzene rings is 1. The van der Waals surface area contributed by atoms with Gasteiger partial charge in [-0.3, -0.25) is 4.98 Å². The van der Waals surface area contributed by atoms with E-state index in [-0.39, 0.29) is 16.5 Å². The van der Waals surface area contributed by atoms with Gasteiger partial charge >= 0.3 is 5.91 Å². The molecule has 1 aliphatic heterocycles. The highest BCUT2D eigenvalue weighted by Crippen LogP contribution is 2.39. The molecule has 1 saturated carbocycles. The van der Waals surface area contributed by atoms with E-state index in [4.69, 9.17) is 15.2 Å². The van der Waals surface area contributed by atoms with E-state index in [1.165, 1.54) is 12.8 Å². The third-order valence-electron chi connectivity index (χ3n) is 5.55. The Bertz CT molecular complexity index is 949. The predicted molar refractivity (Wildman–Crippen MR) is 113 cm³/mol. The number of amides is 1. The van der Waals surface area contributed by atoms with E-state index < -0.39 is 0 Å². The summed E-state index contributed by atoms with van der Waals surface area (Å²) in [5.74, 6) is 1.23. The van der Waals surface area contributed by atoms with Crippen LogP contribution in [-0.4, -0.2) is 30.6 Å². The first-order valence-electron chi connectivity index (χ1n) is 9.95. The van der Waals surface area contributed by atoms with E-state index in [9.17, 15) is 4.79 Å². The summed E-state index contributed by atoms with van der Waals surface area (Å²) in [7, 11) is 1.63. The molecule has 1 aromatic heterocycles. The quantitative estimate of drug-likeness (QED) is 0.781. The Morgan fingerprint density at radius 2 is 2.03 bits per heavy atom. The first kappa shape index (κ1) is 19.2. The van der Waals surface area contributed by atoms with Gasteiger partial charge in [-0.15, -0.1) is 0 Å². The van der Waals surface area contributed by atoms with Gasteiger partial charge in [0, 0.05) is 24.5 Å². The number of carbonyl (C=O) groups is 1. The third kappa shape index (κ3) is 3.76. The summed E-state index contributed by atoms with van der Waals surface area (Å²) in [6.07, 6.45) is 13.4. The van der Waals surface area contributed by atoms with Crippen LogP contribution in [0.2, 0.25) is 0 Å². The first-order valence-corrected chi connectivity index (χ1v) is 9.95. The molecule has 1 atom stereocenters. The smallest absolute Gasteiger partial charge is 0.357 e. The number of carbonyl (C=O) groups excluding carboxylic acids is 1. The lowest BCUT2D eigenvalue weighted by atomic mass is 10.1. The lowest BCUT2D eigenvalue weighted by Gasteiger charge is -2.33. The second kappa shape index (κ2) is 8.09. The Kier molecular flexibility index (Phi) is 5.36. The summed E-state index contributed by atoms with van der Waals surface area (Å²) in [5.41, 5.74) is 7.98. The van der Waals surface area contributed by atoms with Crippen molar-refractivity contribution in [3.63, 3.8) is 0 Å². The molecule has 0 radical (unpaired) electrons. The summed E-state index contributed by atoms with van der Waals surface area (Å²) in [5, 5.41) is 0. The topological polar surface area (TPSA) is 74.4 Å². The molecule has 0 spiro atoms. The molecule has 1 aliphatic carbocycles. The molecular weight excluding hydrogens is 366 g/mol. The maximum atomic E-state index is 13.6. The number of pyridine rings is 1. The maximum absolute atomic E-state index is 13.6. The number of rotatable bonds is 5. The third-order valence-corrected chi connectivity index (χ3v) is 5.55. The maximum Gasteiger partial charge on any atom is 0.357 e. The zero-order valence-corrected chi connectivity index (χ0v) is 16.6. The SMILES string of the molecule is COc1ccc([N+]2(C(=O)c3cccnc3)C=C(N)C=CC2)cc1OC1CCCC1. The fourth-order valence-corrected chi connectivity index (χ4v) is 4.06. The predicted octanol–water partition coefficient (Wildman–Crippen LogP) is 3.93. The zero-order valence-electron chi connectivity index (χ0n) is 16.6. The number of hydrogen-bond acceptors (Lipinski definition) is 5. The van der Waals surface area contributed by atoms with E-state index >= 15 is 0 Å². The lowest BCUT2D eigenvalue weighted by Crippen LogP contribution is -2.51. The number of hydrogen-bond donors (Lipinski definition) is 1. The van der Waals surface area contributed by atoms with Gasteiger partial charge in [-0.1, -0.05) is 0 Å². The van der Waals surface area contributed by atoms with Crippen molar-refractivity contribution < 1.29 is 14.3 Å². The molecule has 6 heteroatoms. The van der Waals surface area contributed by atoms with Gasteiger partial charge in [0.1, 0.15) is 18.4 Å². The fraction of sp³-hybridized carbons (Fsp3) is 0.304. The van der Waals surface area contributed by atoms with Gasteiger partial charge in [0.25, 0.3) is 0 Å². The molecule has 29 heavy (non-hydrogen) atoms. The normalized spacial score (nSPS) is 21.6. The highest BCUT2D eigenvalue weighted by atomic mass is 16.5. The van der Waals surface area contributed by atoms with Crippen molar-refractivity contribution >= 4 is 11.6 Å². The molecular formula is C23H26N3O3+. The van der Waals surface area contributed by atoms with Crippen LogP contribution in [0.25, 0.3) is 0 Å². The van der Waals surface area contributed by atoms with Crippen molar-refractivity contribution in [3.05, 3.63) is 72.3 Å². The molecule has 4 rings (SSSR count). The van der Waals surface area contributed by atoms with Crippen LogP contribution in [0, 0.1) is 0 Å². The van der Waals surface area contributed by atoms with Crippen molar-refractivity contribution in [2.45, 2.75) is 31.8 Å². The van der Waals surface area contributed by atoms with Crippen LogP contribution >= 0.6 is 0 Å². The number of methoxy groups -OCH3 is 1. The van der Waals surface area contributed by atoms with Crippen LogP contribution < -0.4 is 19.7 Å². The molecule has 1 fully saturated rings. The monoisotopic (exact) mass is 392 g/mol. The van der Waals surface area contributed by atoms with Gasteiger partial charge < -0.3 is 15.2 Å². The second-order valence-corrected chi connectivity index (χ2v) is 7.49. The van der Waals surface area contributed by atoms with Crippen molar-refractivity contribution in [1.82, 2.24) is 9.47 Å². The number of nitrogens with zero attached hydrogens (tertiary/aromatic N) is 2. The Morgan fingerprint density at radius 1 is 1.21 bits per heavy atom. The number of allylic oxidation sites excluding steroid dienone is 1. The standard InChI is InChI=1S/C23H26N3O3/c1-28-21-11-10-19(14-22(21)29-20-8-2-3-9-20)26(13-5-7-18(24)16-26)23(27)17-6-4-12-25-15-17/h4-7,10-12,14-16,20H,2-3,8-9,13,24H2,1H3/q+1. The molecule has 2 N–H and O–H groups in total. The van der Waals surface area contributed by atoms with Gasteiger partial charge in [0.2, 0.25) is 0 Å². The summed E-state index contributed by atoms with van der Waals surface area (Å²) in [6.45, 7) is 0.462. The number of nitrogens with two attached hydrogens (primary N) is 1. The van der Waals surface area contributed by atoms with Gasteiger partial charge in [0.15, 0.2) is 11.5 Å². The Balaban J connectivity index is 1.79. The van der Waals surface area contributed by atoms with Crippen molar-refractivity contribution in [3.8, 4) is 11.5 Å². The van der Waals surface area contributed by atoms with Crippen LogP contribution in [0.5, 0.6) is 11.5 Å². The Hall–Kier alpha value is -3.12. The van der Waals surface area contributed by atoms with E-state index in [0.29, 0.717) is 29.3 Å². The number of quaternary nitrogens is 1. The molecule has 0 bridgehead atoms. The highest BCUT2D eigenvalue weighted by molar-refractivity contribution is 6.03. The minimum Gasteiger partial charge on any atom is -0.493 e. The van der Waals surface area contributed by atoms with E-state index in [0.717, 1.165) is 18.5 Å². The average Bonchev–Trinajstić information content (AvgIpc) is 3.27. The lowest BCUT2D eigenvalue weighted by molar-refractivity contribution is 0.0835. The molecule has 2 heterocycles. The van der Waals surface area contributed by atoms with Gasteiger partial charge in [0.05, 0.1) is 24.5 Å². The number of aromatic nitrogens is 1. The zero-order chi connectivity index (χ0) is 20.3. The molecule has 2 aliphatic rings. The first-order chi connectivity index (χ1) is 14.1. The van der Waals surface area contributed by atoms with Crippen LogP contribution in [0.1, 0.15) is 36.0 Å².